The second kappa shape index (κ2) is 5.57. The van der Waals surface area contributed by atoms with Gasteiger partial charge in [-0.2, -0.15) is 0 Å². The molecule has 1 unspecified atom stereocenters. The van der Waals surface area contributed by atoms with Gasteiger partial charge in [0.25, 0.3) is 11.1 Å². The third-order valence-corrected chi connectivity index (χ3v) is 3.94. The van der Waals surface area contributed by atoms with Gasteiger partial charge >= 0.3 is 0 Å². The Kier molecular flexibility index (Phi) is 3.62. The van der Waals surface area contributed by atoms with Crippen LogP contribution in [0.15, 0.2) is 54.6 Å². The van der Waals surface area contributed by atoms with Gasteiger partial charge in [0.2, 0.25) is 0 Å². The number of benzene rings is 2. The van der Waals surface area contributed by atoms with E-state index in [0.717, 1.165) is 16.7 Å². The van der Waals surface area contributed by atoms with Gasteiger partial charge in [-0.05, 0) is 48.2 Å². The van der Waals surface area contributed by atoms with Gasteiger partial charge in [0, 0.05) is 5.69 Å². The van der Waals surface area contributed by atoms with Gasteiger partial charge in [0.1, 0.15) is 5.82 Å². The van der Waals surface area contributed by atoms with Gasteiger partial charge in [-0.3, -0.25) is 9.59 Å². The molecule has 1 aliphatic heterocycles. The maximum Gasteiger partial charge on any atom is 0.295 e. The summed E-state index contributed by atoms with van der Waals surface area (Å²) in [5.74, 6) is -0.687. The third-order valence-electron chi connectivity index (χ3n) is 3.00. The highest BCUT2D eigenvalue weighted by Crippen LogP contribution is 2.32. The molecule has 2 amide bonds. The van der Waals surface area contributed by atoms with E-state index in [-0.39, 0.29) is 17.0 Å². The van der Waals surface area contributed by atoms with Gasteiger partial charge in [-0.1, -0.05) is 18.2 Å². The normalized spacial score (nSPS) is 18.1. The van der Waals surface area contributed by atoms with E-state index in [4.69, 9.17) is 0 Å². The summed E-state index contributed by atoms with van der Waals surface area (Å²) in [7, 11) is 0. The van der Waals surface area contributed by atoms with Crippen LogP contribution in [0.4, 0.5) is 20.6 Å². The predicted molar refractivity (Wildman–Crippen MR) is 80.7 cm³/mol. The molecule has 0 saturated carbocycles. The van der Waals surface area contributed by atoms with E-state index in [0.29, 0.717) is 11.4 Å². The van der Waals surface area contributed by atoms with Gasteiger partial charge in [0.15, 0.2) is 5.37 Å². The van der Waals surface area contributed by atoms with Crippen LogP contribution in [0.5, 0.6) is 0 Å². The van der Waals surface area contributed by atoms with Crippen molar-refractivity contribution in [3.05, 3.63) is 60.4 Å². The molecule has 0 aliphatic carbocycles. The van der Waals surface area contributed by atoms with Gasteiger partial charge in [0.05, 0.1) is 5.69 Å². The number of thioether (sulfide) groups is 1. The monoisotopic (exact) mass is 302 g/mol. The lowest BCUT2D eigenvalue weighted by atomic mass is 10.3. The first-order valence-corrected chi connectivity index (χ1v) is 7.15. The SMILES string of the molecule is O=C1SC(Nc2ccc(F)cc2)C(=O)N1c1ccccc1. The number of para-hydroxylation sites is 1. The molecular formula is C15H11FN2O2S. The fourth-order valence-electron chi connectivity index (χ4n) is 2.01. The molecule has 0 bridgehead atoms. The summed E-state index contributed by atoms with van der Waals surface area (Å²) < 4.78 is 12.9. The van der Waals surface area contributed by atoms with Crippen molar-refractivity contribution in [2.24, 2.45) is 0 Å². The molecule has 1 aliphatic rings. The first-order valence-electron chi connectivity index (χ1n) is 6.27. The van der Waals surface area contributed by atoms with E-state index in [2.05, 4.69) is 5.32 Å². The second-order valence-electron chi connectivity index (χ2n) is 4.42. The van der Waals surface area contributed by atoms with Crippen LogP contribution in [0.1, 0.15) is 0 Å². The minimum atomic E-state index is -0.705. The Bertz CT molecular complexity index is 676. The number of amides is 2. The molecule has 1 atom stereocenters. The Hall–Kier alpha value is -2.34. The molecule has 1 fully saturated rings. The summed E-state index contributed by atoms with van der Waals surface area (Å²) in [4.78, 5) is 25.5. The molecule has 0 radical (unpaired) electrons. The minimum Gasteiger partial charge on any atom is -0.365 e. The van der Waals surface area contributed by atoms with E-state index in [1.807, 2.05) is 6.07 Å². The number of carbonyl (C=O) groups is 2. The zero-order chi connectivity index (χ0) is 14.8. The Morgan fingerprint density at radius 2 is 1.67 bits per heavy atom. The maximum absolute atomic E-state index is 12.9. The van der Waals surface area contributed by atoms with Gasteiger partial charge in [-0.25, -0.2) is 9.29 Å². The lowest BCUT2D eigenvalue weighted by Gasteiger charge is -2.14. The molecule has 21 heavy (non-hydrogen) atoms. The van der Waals surface area contributed by atoms with Crippen LogP contribution in [0.2, 0.25) is 0 Å². The van der Waals surface area contributed by atoms with Crippen molar-refractivity contribution < 1.29 is 14.0 Å². The molecular weight excluding hydrogens is 291 g/mol. The summed E-state index contributed by atoms with van der Waals surface area (Å²) in [5.41, 5.74) is 1.13. The number of hydrogen-bond donors (Lipinski definition) is 1. The molecule has 1 heterocycles. The molecule has 6 heteroatoms. The second-order valence-corrected chi connectivity index (χ2v) is 5.48. The van der Waals surface area contributed by atoms with Gasteiger partial charge < -0.3 is 5.32 Å². The average molecular weight is 302 g/mol. The Balaban J connectivity index is 1.79. The van der Waals surface area contributed by atoms with Crippen LogP contribution in [0, 0.1) is 5.82 Å². The van der Waals surface area contributed by atoms with Crippen LogP contribution >= 0.6 is 11.8 Å². The summed E-state index contributed by atoms with van der Waals surface area (Å²) >= 11 is 0.908. The number of nitrogens with zero attached hydrogens (tertiary/aromatic N) is 1. The topological polar surface area (TPSA) is 49.4 Å². The number of imide groups is 1. The van der Waals surface area contributed by atoms with Crippen molar-refractivity contribution in [1.82, 2.24) is 0 Å². The molecule has 2 aromatic carbocycles. The highest BCUT2D eigenvalue weighted by molar-refractivity contribution is 8.16. The first-order chi connectivity index (χ1) is 10.1. The highest BCUT2D eigenvalue weighted by Gasteiger charge is 2.40. The smallest absolute Gasteiger partial charge is 0.295 e. The van der Waals surface area contributed by atoms with Gasteiger partial charge in [-0.15, -0.1) is 0 Å². The van der Waals surface area contributed by atoms with Crippen molar-refractivity contribution in [3.63, 3.8) is 0 Å². The molecule has 106 valence electrons. The molecule has 3 rings (SSSR count). The molecule has 0 spiro atoms. The third kappa shape index (κ3) is 2.75. The molecule has 2 aromatic rings. The molecule has 1 N–H and O–H groups in total. The molecule has 4 nitrogen and oxygen atoms in total. The summed E-state index contributed by atoms with van der Waals surface area (Å²) in [5, 5.41) is 1.90. The van der Waals surface area contributed by atoms with E-state index >= 15 is 0 Å². The lowest BCUT2D eigenvalue weighted by Crippen LogP contribution is -2.34. The van der Waals surface area contributed by atoms with Crippen LogP contribution < -0.4 is 10.2 Å². The minimum absolute atomic E-state index is 0.328. The van der Waals surface area contributed by atoms with E-state index in [1.165, 1.54) is 24.3 Å². The summed E-state index contributed by atoms with van der Waals surface area (Å²) in [6, 6.07) is 14.4. The maximum atomic E-state index is 12.9. The van der Waals surface area contributed by atoms with E-state index < -0.39 is 5.37 Å². The Morgan fingerprint density at radius 3 is 2.33 bits per heavy atom. The van der Waals surface area contributed by atoms with Crippen molar-refractivity contribution in [2.45, 2.75) is 5.37 Å². The van der Waals surface area contributed by atoms with Crippen molar-refractivity contribution >= 4 is 34.3 Å². The first kappa shape index (κ1) is 13.6. The molecule has 1 saturated heterocycles. The Morgan fingerprint density at radius 1 is 1.00 bits per heavy atom. The predicted octanol–water partition coefficient (Wildman–Crippen LogP) is 3.46. The summed E-state index contributed by atoms with van der Waals surface area (Å²) in [6.45, 7) is 0. The largest absolute Gasteiger partial charge is 0.365 e. The number of hydrogen-bond acceptors (Lipinski definition) is 4. The van der Waals surface area contributed by atoms with Crippen LogP contribution in [0.25, 0.3) is 0 Å². The van der Waals surface area contributed by atoms with Crippen molar-refractivity contribution in [1.29, 1.82) is 0 Å². The van der Waals surface area contributed by atoms with Crippen LogP contribution in [-0.4, -0.2) is 16.5 Å². The zero-order valence-corrected chi connectivity index (χ0v) is 11.6. The fraction of sp³-hybridized carbons (Fsp3) is 0.0667. The molecule has 0 aromatic heterocycles. The highest BCUT2D eigenvalue weighted by atomic mass is 32.2. The van der Waals surface area contributed by atoms with Crippen LogP contribution in [-0.2, 0) is 4.79 Å². The quantitative estimate of drug-likeness (QED) is 0.943. The number of rotatable bonds is 3. The number of nitrogens with one attached hydrogen (secondary N) is 1. The van der Waals surface area contributed by atoms with Crippen molar-refractivity contribution in [2.75, 3.05) is 10.2 Å². The lowest BCUT2D eigenvalue weighted by molar-refractivity contribution is -0.116. The number of anilines is 2. The van der Waals surface area contributed by atoms with Crippen LogP contribution in [0.3, 0.4) is 0 Å². The average Bonchev–Trinajstić information content (AvgIpc) is 2.77. The number of carbonyl (C=O) groups excluding carboxylic acids is 2. The Labute approximate surface area is 124 Å². The zero-order valence-electron chi connectivity index (χ0n) is 10.8. The number of halogens is 1. The van der Waals surface area contributed by atoms with Crippen molar-refractivity contribution in [3.8, 4) is 0 Å². The van der Waals surface area contributed by atoms with E-state index in [9.17, 15) is 14.0 Å². The van der Waals surface area contributed by atoms with E-state index in [1.54, 1.807) is 24.3 Å². The summed E-state index contributed by atoms with van der Waals surface area (Å²) in [6.07, 6.45) is 0. The standard InChI is InChI=1S/C15H11FN2O2S/c16-10-6-8-11(9-7-10)17-13-14(19)18(15(20)21-13)12-4-2-1-3-5-12/h1-9,13,17H. The fourth-order valence-corrected chi connectivity index (χ4v) is 2.91.